The normalized spacial score (nSPS) is 12.6. The summed E-state index contributed by atoms with van der Waals surface area (Å²) in [7, 11) is 1.80. The van der Waals surface area contributed by atoms with Gasteiger partial charge < -0.3 is 10.8 Å². The molecule has 2 rings (SSSR count). The molecule has 3 N–H and O–H groups in total. The summed E-state index contributed by atoms with van der Waals surface area (Å²) in [5, 5.41) is 14.8. The minimum absolute atomic E-state index is 0.0744. The number of aryl methyl sites for hydroxylation is 1. The smallest absolute Gasteiger partial charge is 0.130 e. The van der Waals surface area contributed by atoms with Gasteiger partial charge >= 0.3 is 0 Å². The van der Waals surface area contributed by atoms with Crippen molar-refractivity contribution in [2.24, 2.45) is 12.8 Å². The van der Waals surface area contributed by atoms with Crippen molar-refractivity contribution in [1.82, 2.24) is 9.78 Å². The zero-order chi connectivity index (χ0) is 15.4. The molecule has 21 heavy (non-hydrogen) atoms. The molecule has 0 aliphatic rings. The quantitative estimate of drug-likeness (QED) is 0.790. The first-order valence-electron chi connectivity index (χ1n) is 6.46. The summed E-state index contributed by atoms with van der Waals surface area (Å²) in [5.41, 5.74) is 7.61. The van der Waals surface area contributed by atoms with Crippen molar-refractivity contribution in [1.29, 1.82) is 0 Å². The summed E-state index contributed by atoms with van der Waals surface area (Å²) < 4.78 is 1.64. The number of thioether (sulfide) groups is 1. The second kappa shape index (κ2) is 7.51. The van der Waals surface area contributed by atoms with Gasteiger partial charge in [0.2, 0.25) is 0 Å². The molecule has 114 valence electrons. The second-order valence-electron chi connectivity index (χ2n) is 4.73. The molecule has 1 heterocycles. The number of aliphatic hydroxyl groups excluding tert-OH is 1. The minimum atomic E-state index is -0.328. The van der Waals surface area contributed by atoms with E-state index in [4.69, 9.17) is 34.0 Å². The summed E-state index contributed by atoms with van der Waals surface area (Å²) in [6, 6.07) is 7.33. The molecular weight excluding hydrogens is 329 g/mol. The largest absolute Gasteiger partial charge is 0.395 e. The molecule has 1 unspecified atom stereocenters. The molecule has 7 heteroatoms. The maximum absolute atomic E-state index is 9.11. The summed E-state index contributed by atoms with van der Waals surface area (Å²) in [6.45, 7) is -0.0744. The van der Waals surface area contributed by atoms with Crippen molar-refractivity contribution in [2.45, 2.75) is 23.1 Å². The highest BCUT2D eigenvalue weighted by molar-refractivity contribution is 7.98. The SMILES string of the molecule is Cn1nc(CSc2ccc(Cl)cc2)c(CC(N)CO)c1Cl. The average molecular weight is 346 g/mol. The van der Waals surface area contributed by atoms with Gasteiger partial charge in [-0.15, -0.1) is 11.8 Å². The van der Waals surface area contributed by atoms with Gasteiger partial charge in [-0.05, 0) is 30.7 Å². The molecule has 1 aromatic heterocycles. The molecule has 0 aliphatic carbocycles. The van der Waals surface area contributed by atoms with Crippen LogP contribution in [0.2, 0.25) is 10.2 Å². The molecular formula is C14H17Cl2N3OS. The zero-order valence-electron chi connectivity index (χ0n) is 11.6. The molecule has 1 aromatic carbocycles. The molecule has 0 fully saturated rings. The van der Waals surface area contributed by atoms with Crippen molar-refractivity contribution in [3.63, 3.8) is 0 Å². The Hall–Kier alpha value is -0.720. The van der Waals surface area contributed by atoms with Gasteiger partial charge in [0, 0.05) is 34.3 Å². The minimum Gasteiger partial charge on any atom is -0.395 e. The average Bonchev–Trinajstić information content (AvgIpc) is 2.74. The highest BCUT2D eigenvalue weighted by Crippen LogP contribution is 2.28. The first kappa shape index (κ1) is 16.6. The number of nitrogens with zero attached hydrogens (tertiary/aromatic N) is 2. The Morgan fingerprint density at radius 1 is 1.33 bits per heavy atom. The lowest BCUT2D eigenvalue weighted by molar-refractivity contribution is 0.265. The summed E-state index contributed by atoms with van der Waals surface area (Å²) in [4.78, 5) is 1.11. The number of halogens is 2. The zero-order valence-corrected chi connectivity index (χ0v) is 13.9. The van der Waals surface area contributed by atoms with Gasteiger partial charge in [-0.25, -0.2) is 0 Å². The van der Waals surface area contributed by atoms with Crippen molar-refractivity contribution < 1.29 is 5.11 Å². The third-order valence-corrected chi connectivity index (χ3v) is 4.79. The van der Waals surface area contributed by atoms with Crippen LogP contribution in [0.1, 0.15) is 11.3 Å². The van der Waals surface area contributed by atoms with E-state index >= 15 is 0 Å². The predicted octanol–water partition coefficient (Wildman–Crippen LogP) is 2.88. The fourth-order valence-corrected chi connectivity index (χ4v) is 3.14. The molecule has 4 nitrogen and oxygen atoms in total. The molecule has 0 amide bonds. The number of nitrogens with two attached hydrogens (primary N) is 1. The van der Waals surface area contributed by atoms with Crippen LogP contribution in [0.25, 0.3) is 0 Å². The Balaban J connectivity index is 2.12. The van der Waals surface area contributed by atoms with Crippen LogP contribution >= 0.6 is 35.0 Å². The van der Waals surface area contributed by atoms with E-state index in [0.717, 1.165) is 21.2 Å². The highest BCUT2D eigenvalue weighted by atomic mass is 35.5. The number of rotatable bonds is 6. The van der Waals surface area contributed by atoms with E-state index in [-0.39, 0.29) is 12.6 Å². The van der Waals surface area contributed by atoms with Crippen LogP contribution in [-0.4, -0.2) is 27.5 Å². The molecule has 0 aliphatic heterocycles. The molecule has 2 aromatic rings. The Morgan fingerprint density at radius 2 is 2.00 bits per heavy atom. The summed E-state index contributed by atoms with van der Waals surface area (Å²) in [6.07, 6.45) is 0.514. The van der Waals surface area contributed by atoms with Crippen LogP contribution < -0.4 is 5.73 Å². The van der Waals surface area contributed by atoms with E-state index in [9.17, 15) is 0 Å². The van der Waals surface area contributed by atoms with Gasteiger partial charge in [0.25, 0.3) is 0 Å². The molecule has 0 bridgehead atoms. The molecule has 0 saturated heterocycles. The Kier molecular flexibility index (Phi) is 5.96. The fourth-order valence-electron chi connectivity index (χ4n) is 1.93. The van der Waals surface area contributed by atoms with E-state index in [1.807, 2.05) is 24.3 Å². The van der Waals surface area contributed by atoms with E-state index < -0.39 is 0 Å². The maximum Gasteiger partial charge on any atom is 0.130 e. The van der Waals surface area contributed by atoms with E-state index in [1.165, 1.54) is 0 Å². The lowest BCUT2D eigenvalue weighted by Gasteiger charge is -2.08. The van der Waals surface area contributed by atoms with Gasteiger partial charge in [0.05, 0.1) is 12.3 Å². The Labute approximate surface area is 138 Å². The first-order valence-corrected chi connectivity index (χ1v) is 8.20. The van der Waals surface area contributed by atoms with E-state index in [2.05, 4.69) is 5.10 Å². The molecule has 0 spiro atoms. The highest BCUT2D eigenvalue weighted by Gasteiger charge is 2.17. The van der Waals surface area contributed by atoms with Crippen molar-refractivity contribution in [3.8, 4) is 0 Å². The van der Waals surface area contributed by atoms with Gasteiger partial charge in [-0.3, -0.25) is 4.68 Å². The van der Waals surface area contributed by atoms with Gasteiger partial charge in [-0.1, -0.05) is 23.2 Å². The van der Waals surface area contributed by atoms with Crippen LogP contribution in [0.3, 0.4) is 0 Å². The van der Waals surface area contributed by atoms with E-state index in [0.29, 0.717) is 17.3 Å². The topological polar surface area (TPSA) is 64.1 Å². The third-order valence-electron chi connectivity index (χ3n) is 3.04. The monoisotopic (exact) mass is 345 g/mol. The lowest BCUT2D eigenvalue weighted by atomic mass is 10.1. The number of hydrogen-bond donors (Lipinski definition) is 2. The van der Waals surface area contributed by atoms with Crippen molar-refractivity contribution in [2.75, 3.05) is 6.61 Å². The van der Waals surface area contributed by atoms with Crippen LogP contribution in [0.5, 0.6) is 0 Å². The lowest BCUT2D eigenvalue weighted by Crippen LogP contribution is -2.27. The fraction of sp³-hybridized carbons (Fsp3) is 0.357. The van der Waals surface area contributed by atoms with Gasteiger partial charge in [0.1, 0.15) is 5.15 Å². The van der Waals surface area contributed by atoms with Crippen LogP contribution in [0.15, 0.2) is 29.2 Å². The van der Waals surface area contributed by atoms with Crippen LogP contribution in [-0.2, 0) is 19.2 Å². The Morgan fingerprint density at radius 3 is 2.62 bits per heavy atom. The standard InChI is InChI=1S/C14H17Cl2N3OS/c1-19-14(16)12(6-10(17)7-20)13(18-19)8-21-11-4-2-9(15)3-5-11/h2-5,10,20H,6-8,17H2,1H3. The van der Waals surface area contributed by atoms with Crippen molar-refractivity contribution in [3.05, 3.63) is 45.7 Å². The molecule has 0 radical (unpaired) electrons. The van der Waals surface area contributed by atoms with Crippen molar-refractivity contribution >= 4 is 35.0 Å². The van der Waals surface area contributed by atoms with Gasteiger partial charge in [-0.2, -0.15) is 5.10 Å². The van der Waals surface area contributed by atoms with Crippen LogP contribution in [0.4, 0.5) is 0 Å². The van der Waals surface area contributed by atoms with Crippen LogP contribution in [0, 0.1) is 0 Å². The number of benzene rings is 1. The number of aliphatic hydroxyl groups is 1. The molecule has 1 atom stereocenters. The third kappa shape index (κ3) is 4.37. The Bertz CT molecular complexity index is 601. The predicted molar refractivity (Wildman–Crippen MR) is 88.0 cm³/mol. The maximum atomic E-state index is 9.11. The number of hydrogen-bond acceptors (Lipinski definition) is 4. The van der Waals surface area contributed by atoms with Gasteiger partial charge in [0.15, 0.2) is 0 Å². The first-order chi connectivity index (χ1) is 10.0. The second-order valence-corrected chi connectivity index (χ2v) is 6.57. The molecule has 0 saturated carbocycles. The number of aromatic nitrogens is 2. The summed E-state index contributed by atoms with van der Waals surface area (Å²) in [5.74, 6) is 0.690. The van der Waals surface area contributed by atoms with E-state index in [1.54, 1.807) is 23.5 Å². The summed E-state index contributed by atoms with van der Waals surface area (Å²) >= 11 is 13.8.